The third kappa shape index (κ3) is 7.07. The lowest BCUT2D eigenvalue weighted by Crippen LogP contribution is -2.24. The number of carbonyl (C=O) groups is 2. The molecule has 0 aromatic heterocycles. The molecule has 0 amide bonds. The van der Waals surface area contributed by atoms with Gasteiger partial charge in [0, 0.05) is 12.8 Å². The second kappa shape index (κ2) is 7.22. The molecule has 20 heavy (non-hydrogen) atoms. The van der Waals surface area contributed by atoms with Gasteiger partial charge in [-0.05, 0) is 39.7 Å². The van der Waals surface area contributed by atoms with Crippen LogP contribution in [0.15, 0.2) is 24.3 Å². The molecule has 0 N–H and O–H groups in total. The van der Waals surface area contributed by atoms with E-state index >= 15 is 0 Å². The molecule has 0 aliphatic rings. The van der Waals surface area contributed by atoms with Gasteiger partial charge in [-0.3, -0.25) is 9.59 Å². The van der Waals surface area contributed by atoms with Gasteiger partial charge < -0.3 is 4.74 Å². The lowest BCUT2D eigenvalue weighted by atomic mass is 10.0. The number of ether oxygens (including phenoxy) is 1. The molecule has 1 rings (SSSR count). The summed E-state index contributed by atoms with van der Waals surface area (Å²) in [5.41, 5.74) is 1.88. The number of rotatable bonds is 6. The smallest absolute Gasteiger partial charge is 0.306 e. The number of esters is 1. The summed E-state index contributed by atoms with van der Waals surface area (Å²) >= 11 is 0. The second-order valence-electron chi connectivity index (χ2n) is 6.11. The van der Waals surface area contributed by atoms with E-state index in [9.17, 15) is 9.59 Å². The molecule has 0 aliphatic heterocycles. The number of carbonyl (C=O) groups excluding carboxylic acids is 2. The van der Waals surface area contributed by atoms with Crippen LogP contribution in [0.25, 0.3) is 0 Å². The summed E-state index contributed by atoms with van der Waals surface area (Å²) in [4.78, 5) is 23.3. The van der Waals surface area contributed by atoms with Gasteiger partial charge in [-0.25, -0.2) is 0 Å². The molecule has 3 heteroatoms. The highest BCUT2D eigenvalue weighted by Gasteiger charge is 2.16. The third-order valence-electron chi connectivity index (χ3n) is 2.80. The standard InChI is InChI=1S/C17H24O3/c1-13-6-5-7-14(12-13)8-9-15(18)10-11-16(19)20-17(2,3)4/h5-7,12H,8-11H2,1-4H3. The van der Waals surface area contributed by atoms with Crippen molar-refractivity contribution in [3.8, 4) is 0 Å². The van der Waals surface area contributed by atoms with E-state index < -0.39 is 5.60 Å². The van der Waals surface area contributed by atoms with Crippen molar-refractivity contribution in [2.45, 2.75) is 59.0 Å². The van der Waals surface area contributed by atoms with E-state index in [2.05, 4.69) is 6.07 Å². The van der Waals surface area contributed by atoms with Crippen molar-refractivity contribution in [1.82, 2.24) is 0 Å². The van der Waals surface area contributed by atoms with Crippen LogP contribution in [-0.2, 0) is 20.7 Å². The van der Waals surface area contributed by atoms with Gasteiger partial charge in [-0.2, -0.15) is 0 Å². The lowest BCUT2D eigenvalue weighted by molar-refractivity contribution is -0.155. The molecule has 0 saturated heterocycles. The van der Waals surface area contributed by atoms with Crippen LogP contribution in [-0.4, -0.2) is 17.4 Å². The van der Waals surface area contributed by atoms with Crippen LogP contribution < -0.4 is 0 Å². The van der Waals surface area contributed by atoms with Gasteiger partial charge in [-0.15, -0.1) is 0 Å². The molecule has 1 aromatic rings. The van der Waals surface area contributed by atoms with Crippen LogP contribution in [0.3, 0.4) is 0 Å². The zero-order valence-corrected chi connectivity index (χ0v) is 12.9. The van der Waals surface area contributed by atoms with E-state index in [4.69, 9.17) is 4.74 Å². The highest BCUT2D eigenvalue weighted by atomic mass is 16.6. The summed E-state index contributed by atoms with van der Waals surface area (Å²) in [6.07, 6.45) is 1.64. The summed E-state index contributed by atoms with van der Waals surface area (Å²) < 4.78 is 5.18. The number of aryl methyl sites for hydroxylation is 2. The minimum absolute atomic E-state index is 0.109. The maximum absolute atomic E-state index is 11.8. The number of ketones is 1. The summed E-state index contributed by atoms with van der Waals surface area (Å²) in [5.74, 6) is -0.196. The number of benzene rings is 1. The molecule has 0 spiro atoms. The predicted molar refractivity (Wildman–Crippen MR) is 79.6 cm³/mol. The van der Waals surface area contributed by atoms with Crippen LogP contribution in [0, 0.1) is 6.92 Å². The molecule has 110 valence electrons. The van der Waals surface area contributed by atoms with E-state index in [0.29, 0.717) is 6.42 Å². The van der Waals surface area contributed by atoms with E-state index in [1.807, 2.05) is 45.9 Å². The minimum Gasteiger partial charge on any atom is -0.460 e. The minimum atomic E-state index is -0.484. The first kappa shape index (κ1) is 16.4. The Morgan fingerprint density at radius 3 is 2.40 bits per heavy atom. The fourth-order valence-corrected chi connectivity index (χ4v) is 1.91. The maximum atomic E-state index is 11.8. The normalized spacial score (nSPS) is 11.2. The van der Waals surface area contributed by atoms with Gasteiger partial charge in [0.1, 0.15) is 11.4 Å². The van der Waals surface area contributed by atoms with Crippen LogP contribution in [0.1, 0.15) is 51.2 Å². The monoisotopic (exact) mass is 276 g/mol. The Kier molecular flexibility index (Phi) is 5.93. The Morgan fingerprint density at radius 1 is 1.10 bits per heavy atom. The Labute approximate surface area is 121 Å². The lowest BCUT2D eigenvalue weighted by Gasteiger charge is -2.19. The molecule has 0 bridgehead atoms. The van der Waals surface area contributed by atoms with Crippen molar-refractivity contribution >= 4 is 11.8 Å². The Bertz CT molecular complexity index is 469. The van der Waals surface area contributed by atoms with Crippen LogP contribution in [0.2, 0.25) is 0 Å². The van der Waals surface area contributed by atoms with Gasteiger partial charge in [0.05, 0.1) is 6.42 Å². The van der Waals surface area contributed by atoms with Crippen LogP contribution >= 0.6 is 0 Å². The van der Waals surface area contributed by atoms with E-state index in [-0.39, 0.29) is 24.6 Å². The van der Waals surface area contributed by atoms with E-state index in [1.165, 1.54) is 5.56 Å². The molecule has 0 fully saturated rings. The molecule has 0 aliphatic carbocycles. The van der Waals surface area contributed by atoms with Crippen LogP contribution in [0.5, 0.6) is 0 Å². The Morgan fingerprint density at radius 2 is 1.80 bits per heavy atom. The molecular weight excluding hydrogens is 252 g/mol. The van der Waals surface area contributed by atoms with Crippen molar-refractivity contribution in [2.75, 3.05) is 0 Å². The van der Waals surface area contributed by atoms with Crippen molar-refractivity contribution in [1.29, 1.82) is 0 Å². The molecule has 0 unspecified atom stereocenters. The van der Waals surface area contributed by atoms with Crippen molar-refractivity contribution in [3.63, 3.8) is 0 Å². The highest BCUT2D eigenvalue weighted by Crippen LogP contribution is 2.11. The zero-order valence-electron chi connectivity index (χ0n) is 12.9. The van der Waals surface area contributed by atoms with Crippen LogP contribution in [0.4, 0.5) is 0 Å². The fourth-order valence-electron chi connectivity index (χ4n) is 1.91. The SMILES string of the molecule is Cc1cccc(CCC(=O)CCC(=O)OC(C)(C)C)c1. The van der Waals surface area contributed by atoms with Crippen molar-refractivity contribution < 1.29 is 14.3 Å². The number of hydrogen-bond acceptors (Lipinski definition) is 3. The molecule has 0 saturated carbocycles. The predicted octanol–water partition coefficient (Wildman–Crippen LogP) is 3.62. The van der Waals surface area contributed by atoms with Gasteiger partial charge in [-0.1, -0.05) is 29.8 Å². The van der Waals surface area contributed by atoms with Gasteiger partial charge in [0.25, 0.3) is 0 Å². The third-order valence-corrected chi connectivity index (χ3v) is 2.80. The summed E-state index contributed by atoms with van der Waals surface area (Å²) in [5, 5.41) is 0. The molecular formula is C17H24O3. The maximum Gasteiger partial charge on any atom is 0.306 e. The fraction of sp³-hybridized carbons (Fsp3) is 0.529. The number of hydrogen-bond donors (Lipinski definition) is 0. The molecule has 0 heterocycles. The average Bonchev–Trinajstić information content (AvgIpc) is 2.32. The quantitative estimate of drug-likeness (QED) is 0.745. The summed E-state index contributed by atoms with van der Waals surface area (Å²) in [7, 11) is 0. The van der Waals surface area contributed by atoms with Gasteiger partial charge >= 0.3 is 5.97 Å². The molecule has 0 atom stereocenters. The first-order valence-corrected chi connectivity index (χ1v) is 7.05. The zero-order chi connectivity index (χ0) is 15.2. The Hall–Kier alpha value is -1.64. The topological polar surface area (TPSA) is 43.4 Å². The van der Waals surface area contributed by atoms with Crippen molar-refractivity contribution in [3.05, 3.63) is 35.4 Å². The van der Waals surface area contributed by atoms with E-state index in [0.717, 1.165) is 12.0 Å². The Balaban J connectivity index is 2.29. The molecule has 1 aromatic carbocycles. The number of Topliss-reactive ketones (excluding diaryl/α,β-unsaturated/α-hetero) is 1. The second-order valence-corrected chi connectivity index (χ2v) is 6.11. The van der Waals surface area contributed by atoms with E-state index in [1.54, 1.807) is 0 Å². The van der Waals surface area contributed by atoms with Gasteiger partial charge in [0.15, 0.2) is 0 Å². The van der Waals surface area contributed by atoms with Crippen molar-refractivity contribution in [2.24, 2.45) is 0 Å². The highest BCUT2D eigenvalue weighted by molar-refractivity contribution is 5.83. The van der Waals surface area contributed by atoms with Gasteiger partial charge in [0.2, 0.25) is 0 Å². The average molecular weight is 276 g/mol. The molecule has 3 nitrogen and oxygen atoms in total. The summed E-state index contributed by atoms with van der Waals surface area (Å²) in [6.45, 7) is 7.51. The first-order valence-electron chi connectivity index (χ1n) is 7.05. The molecule has 0 radical (unpaired) electrons. The first-order chi connectivity index (χ1) is 9.26. The summed E-state index contributed by atoms with van der Waals surface area (Å²) in [6, 6.07) is 8.14. The largest absolute Gasteiger partial charge is 0.460 e.